The lowest BCUT2D eigenvalue weighted by molar-refractivity contribution is 0.148. The van der Waals surface area contributed by atoms with E-state index in [1.807, 2.05) is 12.1 Å². The summed E-state index contributed by atoms with van der Waals surface area (Å²) in [6, 6.07) is 14.6. The molecule has 1 aliphatic rings. The molecule has 0 atom stereocenters. The predicted octanol–water partition coefficient (Wildman–Crippen LogP) is 2.56. The average Bonchev–Trinajstić information content (AvgIpc) is 3.03. The van der Waals surface area contributed by atoms with E-state index in [0.717, 1.165) is 60.6 Å². The third kappa shape index (κ3) is 2.88. The second-order valence-electron chi connectivity index (χ2n) is 6.62. The number of nitrogen functional groups attached to an aromatic ring is 1. The molecule has 0 spiro atoms. The molecule has 0 amide bonds. The fourth-order valence-corrected chi connectivity index (χ4v) is 3.37. The highest BCUT2D eigenvalue weighted by Gasteiger charge is 2.15. The molecule has 3 aromatic rings. The van der Waals surface area contributed by atoms with E-state index in [1.165, 1.54) is 5.56 Å². The molecule has 2 aromatic carbocycles. The van der Waals surface area contributed by atoms with Gasteiger partial charge in [-0.15, -0.1) is 0 Å². The monoisotopic (exact) mass is 321 g/mol. The van der Waals surface area contributed by atoms with E-state index in [9.17, 15) is 0 Å². The molecule has 3 N–H and O–H groups in total. The van der Waals surface area contributed by atoms with Gasteiger partial charge < -0.3 is 10.6 Å². The van der Waals surface area contributed by atoms with Crippen molar-refractivity contribution in [3.05, 3.63) is 48.0 Å². The molecule has 1 saturated heterocycles. The normalized spacial score (nSPS) is 16.7. The zero-order valence-electron chi connectivity index (χ0n) is 14.0. The Balaban J connectivity index is 1.61. The number of benzene rings is 2. The SMILES string of the molecule is CN1CCN(Cc2cccc(-c3n[nH]c4c(N)cccc34)c2)CC1. The number of aromatic amines is 1. The molecule has 4 rings (SSSR count). The number of fused-ring (bicyclic) bond motifs is 1. The summed E-state index contributed by atoms with van der Waals surface area (Å²) in [6.07, 6.45) is 0. The smallest absolute Gasteiger partial charge is 0.1000 e. The van der Waals surface area contributed by atoms with E-state index in [2.05, 4.69) is 57.4 Å². The number of rotatable bonds is 3. The third-order valence-electron chi connectivity index (χ3n) is 4.83. The summed E-state index contributed by atoms with van der Waals surface area (Å²) in [5, 5.41) is 8.64. The molecule has 0 bridgehead atoms. The fourth-order valence-electron chi connectivity index (χ4n) is 3.37. The van der Waals surface area contributed by atoms with Gasteiger partial charge in [0, 0.05) is 43.7 Å². The number of aromatic nitrogens is 2. The minimum atomic E-state index is 0.736. The summed E-state index contributed by atoms with van der Waals surface area (Å²) in [5.41, 5.74) is 11.1. The largest absolute Gasteiger partial charge is 0.397 e. The lowest BCUT2D eigenvalue weighted by atomic mass is 10.0. The average molecular weight is 321 g/mol. The highest BCUT2D eigenvalue weighted by Crippen LogP contribution is 2.29. The van der Waals surface area contributed by atoms with Crippen LogP contribution in [-0.4, -0.2) is 53.2 Å². The van der Waals surface area contributed by atoms with Gasteiger partial charge in [0.2, 0.25) is 0 Å². The second kappa shape index (κ2) is 6.26. The van der Waals surface area contributed by atoms with Crippen LogP contribution in [0.5, 0.6) is 0 Å². The van der Waals surface area contributed by atoms with Crippen LogP contribution in [0.4, 0.5) is 5.69 Å². The van der Waals surface area contributed by atoms with E-state index in [0.29, 0.717) is 0 Å². The minimum Gasteiger partial charge on any atom is -0.397 e. The molecule has 1 fully saturated rings. The van der Waals surface area contributed by atoms with Crippen LogP contribution in [-0.2, 0) is 6.54 Å². The first kappa shape index (κ1) is 15.2. The quantitative estimate of drug-likeness (QED) is 0.728. The van der Waals surface area contributed by atoms with Crippen molar-refractivity contribution in [2.24, 2.45) is 0 Å². The minimum absolute atomic E-state index is 0.736. The van der Waals surface area contributed by atoms with Gasteiger partial charge >= 0.3 is 0 Å². The molecular formula is C19H23N5. The van der Waals surface area contributed by atoms with Gasteiger partial charge in [-0.1, -0.05) is 30.3 Å². The van der Waals surface area contributed by atoms with E-state index in [-0.39, 0.29) is 0 Å². The molecule has 0 aliphatic carbocycles. The van der Waals surface area contributed by atoms with Crippen molar-refractivity contribution in [1.82, 2.24) is 20.0 Å². The van der Waals surface area contributed by atoms with Crippen LogP contribution in [0.1, 0.15) is 5.56 Å². The molecule has 5 nitrogen and oxygen atoms in total. The molecule has 0 unspecified atom stereocenters. The molecular weight excluding hydrogens is 298 g/mol. The van der Waals surface area contributed by atoms with Crippen molar-refractivity contribution in [1.29, 1.82) is 0 Å². The molecule has 124 valence electrons. The van der Waals surface area contributed by atoms with Gasteiger partial charge in [0.1, 0.15) is 0 Å². The van der Waals surface area contributed by atoms with Crippen molar-refractivity contribution >= 4 is 16.6 Å². The molecule has 2 heterocycles. The number of nitrogens with one attached hydrogen (secondary N) is 1. The molecule has 1 aliphatic heterocycles. The van der Waals surface area contributed by atoms with Gasteiger partial charge in [-0.05, 0) is 24.7 Å². The number of nitrogens with two attached hydrogens (primary N) is 1. The molecule has 5 heteroatoms. The summed E-state index contributed by atoms with van der Waals surface area (Å²) in [7, 11) is 2.19. The van der Waals surface area contributed by atoms with Gasteiger partial charge in [0.05, 0.1) is 16.9 Å². The van der Waals surface area contributed by atoms with Gasteiger partial charge in [0.25, 0.3) is 0 Å². The Morgan fingerprint density at radius 3 is 2.71 bits per heavy atom. The molecule has 1 aromatic heterocycles. The van der Waals surface area contributed by atoms with Crippen LogP contribution in [0.3, 0.4) is 0 Å². The number of H-pyrrole nitrogens is 1. The first-order valence-electron chi connectivity index (χ1n) is 8.43. The lowest BCUT2D eigenvalue weighted by Gasteiger charge is -2.32. The Hall–Kier alpha value is -2.37. The van der Waals surface area contributed by atoms with E-state index in [4.69, 9.17) is 5.73 Å². The Labute approximate surface area is 142 Å². The fraction of sp³-hybridized carbons (Fsp3) is 0.316. The zero-order valence-corrected chi connectivity index (χ0v) is 14.0. The third-order valence-corrected chi connectivity index (χ3v) is 4.83. The zero-order chi connectivity index (χ0) is 16.5. The standard InChI is InChI=1S/C19H23N5/c1-23-8-10-24(11-9-23)13-14-4-2-5-15(12-14)18-16-6-3-7-17(20)19(16)22-21-18/h2-7,12H,8-11,13,20H2,1H3,(H,21,22). The summed E-state index contributed by atoms with van der Waals surface area (Å²) >= 11 is 0. The maximum atomic E-state index is 6.03. The summed E-state index contributed by atoms with van der Waals surface area (Å²) < 4.78 is 0. The topological polar surface area (TPSA) is 61.2 Å². The van der Waals surface area contributed by atoms with E-state index < -0.39 is 0 Å². The van der Waals surface area contributed by atoms with Crippen LogP contribution in [0, 0.1) is 0 Å². The maximum absolute atomic E-state index is 6.03. The number of nitrogens with zero attached hydrogens (tertiary/aromatic N) is 3. The highest BCUT2D eigenvalue weighted by molar-refractivity contribution is 5.98. The number of likely N-dealkylation sites (N-methyl/N-ethyl adjacent to an activating group) is 1. The first-order valence-corrected chi connectivity index (χ1v) is 8.43. The maximum Gasteiger partial charge on any atom is 0.1000 e. The number of piperazine rings is 1. The van der Waals surface area contributed by atoms with Crippen molar-refractivity contribution in [2.45, 2.75) is 6.54 Å². The van der Waals surface area contributed by atoms with Gasteiger partial charge in [-0.25, -0.2) is 0 Å². The number of hydrogen-bond donors (Lipinski definition) is 2. The van der Waals surface area contributed by atoms with Crippen molar-refractivity contribution in [2.75, 3.05) is 39.0 Å². The summed E-state index contributed by atoms with van der Waals surface area (Å²) in [6.45, 7) is 5.53. The summed E-state index contributed by atoms with van der Waals surface area (Å²) in [4.78, 5) is 4.90. The van der Waals surface area contributed by atoms with Crippen LogP contribution in [0.25, 0.3) is 22.2 Å². The second-order valence-corrected chi connectivity index (χ2v) is 6.62. The Morgan fingerprint density at radius 2 is 1.88 bits per heavy atom. The number of anilines is 1. The van der Waals surface area contributed by atoms with Crippen LogP contribution in [0.15, 0.2) is 42.5 Å². The Bertz CT molecular complexity index is 846. The molecule has 0 saturated carbocycles. The Kier molecular flexibility index (Phi) is 3.96. The van der Waals surface area contributed by atoms with Crippen LogP contribution in [0.2, 0.25) is 0 Å². The lowest BCUT2D eigenvalue weighted by Crippen LogP contribution is -2.43. The molecule has 0 radical (unpaired) electrons. The first-order chi connectivity index (χ1) is 11.7. The van der Waals surface area contributed by atoms with Crippen molar-refractivity contribution in [3.8, 4) is 11.3 Å². The van der Waals surface area contributed by atoms with Crippen LogP contribution < -0.4 is 5.73 Å². The highest BCUT2D eigenvalue weighted by atomic mass is 15.2. The molecule has 24 heavy (non-hydrogen) atoms. The van der Waals surface area contributed by atoms with Crippen molar-refractivity contribution in [3.63, 3.8) is 0 Å². The van der Waals surface area contributed by atoms with Gasteiger partial charge in [0.15, 0.2) is 0 Å². The van der Waals surface area contributed by atoms with E-state index in [1.54, 1.807) is 0 Å². The number of para-hydroxylation sites is 1. The summed E-state index contributed by atoms with van der Waals surface area (Å²) in [5.74, 6) is 0. The van der Waals surface area contributed by atoms with Gasteiger partial charge in [-0.2, -0.15) is 5.10 Å². The predicted molar refractivity (Wildman–Crippen MR) is 98.7 cm³/mol. The van der Waals surface area contributed by atoms with E-state index >= 15 is 0 Å². The van der Waals surface area contributed by atoms with Crippen LogP contribution >= 0.6 is 0 Å². The van der Waals surface area contributed by atoms with Crippen molar-refractivity contribution < 1.29 is 0 Å². The Morgan fingerprint density at radius 1 is 1.08 bits per heavy atom. The van der Waals surface area contributed by atoms with Gasteiger partial charge in [-0.3, -0.25) is 10.00 Å². The number of hydrogen-bond acceptors (Lipinski definition) is 4.